The minimum atomic E-state index is -3.45. The van der Waals surface area contributed by atoms with Crippen molar-refractivity contribution in [1.29, 1.82) is 0 Å². The van der Waals surface area contributed by atoms with Crippen LogP contribution in [-0.4, -0.2) is 87.0 Å². The number of hydrogen-bond acceptors (Lipinski definition) is 7. The van der Waals surface area contributed by atoms with E-state index in [2.05, 4.69) is 31.7 Å². The van der Waals surface area contributed by atoms with Crippen LogP contribution in [0.3, 0.4) is 0 Å². The number of rotatable bonds is 5. The zero-order valence-electron chi connectivity index (χ0n) is 18.0. The minimum absolute atomic E-state index is 0.118. The zero-order chi connectivity index (χ0) is 22.0. The van der Waals surface area contributed by atoms with Gasteiger partial charge in [-0.05, 0) is 31.7 Å². The van der Waals surface area contributed by atoms with Gasteiger partial charge in [0.25, 0.3) is 0 Å². The van der Waals surface area contributed by atoms with Gasteiger partial charge in [0, 0.05) is 58.4 Å². The van der Waals surface area contributed by atoms with E-state index in [9.17, 15) is 12.8 Å². The van der Waals surface area contributed by atoms with Crippen molar-refractivity contribution in [2.75, 3.05) is 69.2 Å². The number of aromatic nitrogens is 2. The van der Waals surface area contributed by atoms with Crippen LogP contribution in [0.5, 0.6) is 0 Å². The molecule has 2 saturated heterocycles. The first-order valence-corrected chi connectivity index (χ1v) is 12.2. The van der Waals surface area contributed by atoms with Gasteiger partial charge in [-0.2, -0.15) is 4.31 Å². The molecule has 4 rings (SSSR count). The molecule has 1 aromatic heterocycles. The van der Waals surface area contributed by atoms with E-state index in [1.165, 1.54) is 28.6 Å². The van der Waals surface area contributed by atoms with Crippen LogP contribution in [0.1, 0.15) is 11.4 Å². The van der Waals surface area contributed by atoms with Crippen molar-refractivity contribution in [3.63, 3.8) is 0 Å². The van der Waals surface area contributed by atoms with E-state index in [0.717, 1.165) is 43.6 Å². The molecule has 31 heavy (non-hydrogen) atoms. The largest absolute Gasteiger partial charge is 0.354 e. The number of halogens is 1. The Kier molecular flexibility index (Phi) is 6.40. The molecule has 0 saturated carbocycles. The number of nitrogens with zero attached hydrogens (tertiary/aromatic N) is 6. The third-order valence-electron chi connectivity index (χ3n) is 5.86. The molecule has 168 valence electrons. The van der Waals surface area contributed by atoms with E-state index in [1.54, 1.807) is 0 Å². The van der Waals surface area contributed by atoms with Crippen LogP contribution in [0.4, 0.5) is 16.0 Å². The predicted octanol–water partition coefficient (Wildman–Crippen LogP) is 1.33. The molecule has 8 nitrogen and oxygen atoms in total. The fraction of sp³-hybridized carbons (Fsp3) is 0.524. The Morgan fingerprint density at radius 3 is 1.94 bits per heavy atom. The quantitative estimate of drug-likeness (QED) is 0.683. The number of likely N-dealkylation sites (N-methyl/N-ethyl adjacent to an activating group) is 1. The van der Waals surface area contributed by atoms with Gasteiger partial charge in [-0.1, -0.05) is 12.1 Å². The van der Waals surface area contributed by atoms with Gasteiger partial charge in [0.2, 0.25) is 10.0 Å². The highest BCUT2D eigenvalue weighted by atomic mass is 32.2. The highest BCUT2D eigenvalue weighted by Gasteiger charge is 2.28. The molecule has 2 aliphatic heterocycles. The lowest BCUT2D eigenvalue weighted by Crippen LogP contribution is -2.49. The Morgan fingerprint density at radius 1 is 0.871 bits per heavy atom. The fourth-order valence-corrected chi connectivity index (χ4v) is 5.49. The third-order valence-corrected chi connectivity index (χ3v) is 7.71. The summed E-state index contributed by atoms with van der Waals surface area (Å²) < 4.78 is 40.2. The zero-order valence-corrected chi connectivity index (χ0v) is 18.9. The van der Waals surface area contributed by atoms with Crippen LogP contribution in [0.15, 0.2) is 30.3 Å². The molecule has 0 N–H and O–H groups in total. The van der Waals surface area contributed by atoms with Crippen molar-refractivity contribution in [2.45, 2.75) is 12.7 Å². The first-order valence-electron chi connectivity index (χ1n) is 10.6. The van der Waals surface area contributed by atoms with Gasteiger partial charge < -0.3 is 14.7 Å². The van der Waals surface area contributed by atoms with E-state index in [0.29, 0.717) is 31.7 Å². The van der Waals surface area contributed by atoms with Gasteiger partial charge in [-0.15, -0.1) is 0 Å². The minimum Gasteiger partial charge on any atom is -0.354 e. The first kappa shape index (κ1) is 21.9. The smallest absolute Gasteiger partial charge is 0.218 e. The highest BCUT2D eigenvalue weighted by Crippen LogP contribution is 2.23. The maximum Gasteiger partial charge on any atom is 0.218 e. The van der Waals surface area contributed by atoms with Gasteiger partial charge in [0.15, 0.2) is 0 Å². The second-order valence-electron chi connectivity index (χ2n) is 8.19. The summed E-state index contributed by atoms with van der Waals surface area (Å²) in [7, 11) is -1.33. The SMILES string of the molecule is Cc1nc(N2CCN(C)CC2)cc(N2CCN(S(=O)(=O)Cc3ccc(F)cc3)CC2)n1. The van der Waals surface area contributed by atoms with E-state index >= 15 is 0 Å². The number of aryl methyl sites for hydroxylation is 1. The summed E-state index contributed by atoms with van der Waals surface area (Å²) in [5.74, 6) is 2.01. The molecule has 0 bridgehead atoms. The van der Waals surface area contributed by atoms with Gasteiger partial charge in [-0.3, -0.25) is 0 Å². The van der Waals surface area contributed by atoms with Crippen molar-refractivity contribution >= 4 is 21.7 Å². The molecule has 10 heteroatoms. The summed E-state index contributed by atoms with van der Waals surface area (Å²) in [6, 6.07) is 7.64. The number of sulfonamides is 1. The summed E-state index contributed by atoms with van der Waals surface area (Å²) in [6.07, 6.45) is 0. The molecular weight excluding hydrogens is 419 g/mol. The van der Waals surface area contributed by atoms with Crippen LogP contribution in [0.25, 0.3) is 0 Å². The second-order valence-corrected chi connectivity index (χ2v) is 10.2. The van der Waals surface area contributed by atoms with Crippen molar-refractivity contribution < 1.29 is 12.8 Å². The average Bonchev–Trinajstić information content (AvgIpc) is 2.75. The molecular formula is C21H29FN6O2S. The lowest BCUT2D eigenvalue weighted by atomic mass is 10.2. The van der Waals surface area contributed by atoms with Crippen LogP contribution in [0.2, 0.25) is 0 Å². The molecule has 0 atom stereocenters. The van der Waals surface area contributed by atoms with Gasteiger partial charge >= 0.3 is 0 Å². The Labute approximate surface area is 183 Å². The molecule has 0 aliphatic carbocycles. The van der Waals surface area contributed by atoms with E-state index in [-0.39, 0.29) is 11.6 Å². The second kappa shape index (κ2) is 9.05. The van der Waals surface area contributed by atoms with Crippen molar-refractivity contribution in [3.05, 3.63) is 47.5 Å². The first-order chi connectivity index (χ1) is 14.8. The predicted molar refractivity (Wildman–Crippen MR) is 119 cm³/mol. The number of piperazine rings is 2. The molecule has 0 amide bonds. The molecule has 2 aromatic rings. The molecule has 0 radical (unpaired) electrons. The maximum absolute atomic E-state index is 13.1. The molecule has 3 heterocycles. The maximum atomic E-state index is 13.1. The van der Waals surface area contributed by atoms with Crippen molar-refractivity contribution in [3.8, 4) is 0 Å². The molecule has 0 unspecified atom stereocenters. The lowest BCUT2D eigenvalue weighted by Gasteiger charge is -2.36. The fourth-order valence-electron chi connectivity index (χ4n) is 3.97. The van der Waals surface area contributed by atoms with Crippen LogP contribution >= 0.6 is 0 Å². The molecule has 1 aromatic carbocycles. The average molecular weight is 449 g/mol. The summed E-state index contributed by atoms with van der Waals surface area (Å²) in [5.41, 5.74) is 0.590. The van der Waals surface area contributed by atoms with E-state index < -0.39 is 10.0 Å². The Bertz CT molecular complexity index is 1000. The standard InChI is InChI=1S/C21H29FN6O2S/c1-17-23-20(26-9-7-25(2)8-10-26)15-21(24-17)27-11-13-28(14-12-27)31(29,30)16-18-3-5-19(22)6-4-18/h3-6,15H,7-14,16H2,1-2H3. The molecule has 0 spiro atoms. The molecule has 2 fully saturated rings. The van der Waals surface area contributed by atoms with Crippen molar-refractivity contribution in [1.82, 2.24) is 19.2 Å². The highest BCUT2D eigenvalue weighted by molar-refractivity contribution is 7.88. The van der Waals surface area contributed by atoms with Crippen LogP contribution in [-0.2, 0) is 15.8 Å². The monoisotopic (exact) mass is 448 g/mol. The number of benzene rings is 1. The van der Waals surface area contributed by atoms with E-state index in [1.807, 2.05) is 13.0 Å². The normalized spacial score (nSPS) is 19.1. The summed E-state index contributed by atoms with van der Waals surface area (Å²) in [5, 5.41) is 0. The Morgan fingerprint density at radius 2 is 1.39 bits per heavy atom. The Hall–Kier alpha value is -2.30. The topological polar surface area (TPSA) is 72.9 Å². The lowest BCUT2D eigenvalue weighted by molar-refractivity contribution is 0.312. The molecule has 2 aliphatic rings. The van der Waals surface area contributed by atoms with Crippen LogP contribution in [0, 0.1) is 12.7 Å². The van der Waals surface area contributed by atoms with Crippen molar-refractivity contribution in [2.24, 2.45) is 0 Å². The van der Waals surface area contributed by atoms with E-state index in [4.69, 9.17) is 0 Å². The number of anilines is 2. The Balaban J connectivity index is 1.41. The van der Waals surface area contributed by atoms with Gasteiger partial charge in [0.1, 0.15) is 23.3 Å². The summed E-state index contributed by atoms with van der Waals surface area (Å²) >= 11 is 0. The number of hydrogen-bond donors (Lipinski definition) is 0. The van der Waals surface area contributed by atoms with Crippen LogP contribution < -0.4 is 9.80 Å². The summed E-state index contributed by atoms with van der Waals surface area (Å²) in [4.78, 5) is 15.9. The summed E-state index contributed by atoms with van der Waals surface area (Å²) in [6.45, 7) is 7.71. The van der Waals surface area contributed by atoms with Gasteiger partial charge in [-0.25, -0.2) is 22.8 Å². The van der Waals surface area contributed by atoms with Gasteiger partial charge in [0.05, 0.1) is 5.75 Å². The third kappa shape index (κ3) is 5.31.